The van der Waals surface area contributed by atoms with Gasteiger partial charge in [0.15, 0.2) is 5.69 Å². The van der Waals surface area contributed by atoms with Crippen molar-refractivity contribution in [1.29, 1.82) is 0 Å². The first-order valence-electron chi connectivity index (χ1n) is 12.5. The van der Waals surface area contributed by atoms with E-state index in [0.29, 0.717) is 37.5 Å². The number of aliphatic hydroxyl groups is 1. The van der Waals surface area contributed by atoms with E-state index in [1.165, 1.54) is 5.69 Å². The first-order valence-corrected chi connectivity index (χ1v) is 12.5. The lowest BCUT2D eigenvalue weighted by molar-refractivity contribution is 0.0539. The highest BCUT2D eigenvalue weighted by Crippen LogP contribution is 2.29. The van der Waals surface area contributed by atoms with Gasteiger partial charge in [0.1, 0.15) is 0 Å². The second-order valence-electron chi connectivity index (χ2n) is 9.76. The Morgan fingerprint density at radius 1 is 0.909 bits per heavy atom. The van der Waals surface area contributed by atoms with Crippen molar-refractivity contribution < 1.29 is 14.7 Å². The topological polar surface area (TPSA) is 78.7 Å². The molecular weight excluding hydrogens is 416 g/mol. The molecule has 7 nitrogen and oxygen atoms in total. The van der Waals surface area contributed by atoms with Gasteiger partial charge in [0, 0.05) is 49.5 Å². The Bertz CT molecular complexity index is 986. The number of hydrogen-bond acceptors (Lipinski definition) is 4. The van der Waals surface area contributed by atoms with E-state index in [4.69, 9.17) is 5.10 Å². The van der Waals surface area contributed by atoms with Crippen molar-refractivity contribution in [2.45, 2.75) is 64.0 Å². The fourth-order valence-corrected chi connectivity index (χ4v) is 5.58. The van der Waals surface area contributed by atoms with Crippen LogP contribution >= 0.6 is 0 Å². The van der Waals surface area contributed by atoms with Crippen molar-refractivity contribution in [3.8, 4) is 0 Å². The molecule has 0 atom stereocenters. The lowest BCUT2D eigenvalue weighted by Crippen LogP contribution is -2.40. The minimum atomic E-state index is -0.285. The standard InChI is InChI=1S/C26H34N4O3/c31-21-12-16-29(17-13-21)26(33)24-22-7-4-8-23(22)30(27-24)18-11-19-9-14-28(15-10-19)25(32)20-5-2-1-3-6-20/h1-3,5-6,19,21,31H,4,7-18H2. The fourth-order valence-electron chi connectivity index (χ4n) is 5.58. The number of aromatic nitrogens is 2. The number of rotatable bonds is 5. The van der Waals surface area contributed by atoms with Crippen molar-refractivity contribution in [3.63, 3.8) is 0 Å². The quantitative estimate of drug-likeness (QED) is 0.760. The Labute approximate surface area is 195 Å². The Morgan fingerprint density at radius 2 is 1.58 bits per heavy atom. The first kappa shape index (κ1) is 22.1. The summed E-state index contributed by atoms with van der Waals surface area (Å²) in [4.78, 5) is 29.7. The van der Waals surface area contributed by atoms with Crippen molar-refractivity contribution in [1.82, 2.24) is 19.6 Å². The molecule has 7 heteroatoms. The Hall–Kier alpha value is -2.67. The fraction of sp³-hybridized carbons (Fsp3) is 0.577. The molecule has 0 unspecified atom stereocenters. The predicted molar refractivity (Wildman–Crippen MR) is 125 cm³/mol. The molecule has 1 aliphatic carbocycles. The van der Waals surface area contributed by atoms with Crippen LogP contribution in [-0.2, 0) is 19.4 Å². The second kappa shape index (κ2) is 9.67. The third kappa shape index (κ3) is 4.69. The summed E-state index contributed by atoms with van der Waals surface area (Å²) < 4.78 is 2.09. The van der Waals surface area contributed by atoms with Crippen LogP contribution in [0.3, 0.4) is 0 Å². The highest BCUT2D eigenvalue weighted by atomic mass is 16.3. The third-order valence-corrected chi connectivity index (χ3v) is 7.63. The molecule has 2 saturated heterocycles. The van der Waals surface area contributed by atoms with Crippen LogP contribution in [0.5, 0.6) is 0 Å². The summed E-state index contributed by atoms with van der Waals surface area (Å²) in [6.45, 7) is 3.68. The number of likely N-dealkylation sites (tertiary alicyclic amines) is 2. The molecule has 3 aliphatic rings. The SMILES string of the molecule is O=C(c1ccccc1)N1CCC(CCn2nc(C(=O)N3CCC(O)CC3)c3c2CCC3)CC1. The zero-order chi connectivity index (χ0) is 22.8. The average molecular weight is 451 g/mol. The molecule has 3 heterocycles. The highest BCUT2D eigenvalue weighted by molar-refractivity contribution is 5.94. The van der Waals surface area contributed by atoms with E-state index in [2.05, 4.69) is 4.68 Å². The van der Waals surface area contributed by atoms with Crippen LogP contribution in [0.4, 0.5) is 0 Å². The van der Waals surface area contributed by atoms with E-state index in [0.717, 1.165) is 69.3 Å². The molecule has 2 aromatic rings. The number of benzene rings is 1. The van der Waals surface area contributed by atoms with Crippen LogP contribution in [0.25, 0.3) is 0 Å². The number of amides is 2. The molecule has 1 N–H and O–H groups in total. The average Bonchev–Trinajstić information content (AvgIpc) is 3.47. The summed E-state index contributed by atoms with van der Waals surface area (Å²) >= 11 is 0. The lowest BCUT2D eigenvalue weighted by Gasteiger charge is -2.32. The zero-order valence-electron chi connectivity index (χ0n) is 19.3. The molecule has 5 rings (SSSR count). The van der Waals surface area contributed by atoms with E-state index >= 15 is 0 Å². The Kier molecular flexibility index (Phi) is 6.49. The number of nitrogens with zero attached hydrogens (tertiary/aromatic N) is 4. The van der Waals surface area contributed by atoms with E-state index in [9.17, 15) is 14.7 Å². The first-order chi connectivity index (χ1) is 16.1. The molecular formula is C26H34N4O3. The normalized spacial score (nSPS) is 19.7. The van der Waals surface area contributed by atoms with Crippen molar-refractivity contribution in [3.05, 3.63) is 52.8 Å². The molecule has 1 aromatic heterocycles. The summed E-state index contributed by atoms with van der Waals surface area (Å²) in [7, 11) is 0. The maximum Gasteiger partial charge on any atom is 0.274 e. The monoisotopic (exact) mass is 450 g/mol. The van der Waals surface area contributed by atoms with Crippen LogP contribution in [0.1, 0.15) is 70.6 Å². The number of piperidine rings is 2. The molecule has 2 aliphatic heterocycles. The maximum atomic E-state index is 13.1. The molecule has 0 spiro atoms. The zero-order valence-corrected chi connectivity index (χ0v) is 19.3. The van der Waals surface area contributed by atoms with E-state index in [1.54, 1.807) is 0 Å². The van der Waals surface area contributed by atoms with Crippen molar-refractivity contribution in [2.24, 2.45) is 5.92 Å². The number of fused-ring (bicyclic) bond motifs is 1. The minimum absolute atomic E-state index is 0.0338. The maximum absolute atomic E-state index is 13.1. The van der Waals surface area contributed by atoms with Gasteiger partial charge in [-0.1, -0.05) is 18.2 Å². The summed E-state index contributed by atoms with van der Waals surface area (Å²) in [5, 5.41) is 14.5. The van der Waals surface area contributed by atoms with Crippen LogP contribution in [0, 0.1) is 5.92 Å². The largest absolute Gasteiger partial charge is 0.393 e. The number of aryl methyl sites for hydroxylation is 1. The molecule has 0 saturated carbocycles. The summed E-state index contributed by atoms with van der Waals surface area (Å²) in [6, 6.07) is 9.53. The summed E-state index contributed by atoms with van der Waals surface area (Å²) in [5.41, 5.74) is 3.80. The molecule has 0 radical (unpaired) electrons. The number of carbonyl (C=O) groups is 2. The molecule has 2 amide bonds. The predicted octanol–water partition coefficient (Wildman–Crippen LogP) is 2.91. The Morgan fingerprint density at radius 3 is 2.30 bits per heavy atom. The molecule has 2 fully saturated rings. The molecule has 176 valence electrons. The Balaban J connectivity index is 1.18. The summed E-state index contributed by atoms with van der Waals surface area (Å²) in [5.74, 6) is 0.743. The molecule has 0 bridgehead atoms. The van der Waals surface area contributed by atoms with Gasteiger partial charge in [0.05, 0.1) is 6.10 Å². The molecule has 33 heavy (non-hydrogen) atoms. The van der Waals surface area contributed by atoms with Crippen LogP contribution in [0.15, 0.2) is 30.3 Å². The number of aliphatic hydroxyl groups excluding tert-OH is 1. The van der Waals surface area contributed by atoms with Gasteiger partial charge in [-0.3, -0.25) is 14.3 Å². The third-order valence-electron chi connectivity index (χ3n) is 7.63. The minimum Gasteiger partial charge on any atom is -0.393 e. The second-order valence-corrected chi connectivity index (χ2v) is 9.76. The van der Waals surface area contributed by atoms with Gasteiger partial charge < -0.3 is 14.9 Å². The van der Waals surface area contributed by atoms with Crippen LogP contribution in [0.2, 0.25) is 0 Å². The molecule has 1 aromatic carbocycles. The van der Waals surface area contributed by atoms with Gasteiger partial charge in [0.2, 0.25) is 0 Å². The van der Waals surface area contributed by atoms with E-state index in [1.807, 2.05) is 40.1 Å². The summed E-state index contributed by atoms with van der Waals surface area (Å²) in [6.07, 6.45) is 7.11. The van der Waals surface area contributed by atoms with Gasteiger partial charge in [-0.05, 0) is 69.4 Å². The number of hydrogen-bond donors (Lipinski definition) is 1. The van der Waals surface area contributed by atoms with E-state index in [-0.39, 0.29) is 17.9 Å². The van der Waals surface area contributed by atoms with Gasteiger partial charge in [-0.15, -0.1) is 0 Å². The van der Waals surface area contributed by atoms with Gasteiger partial charge in [-0.2, -0.15) is 5.10 Å². The lowest BCUT2D eigenvalue weighted by atomic mass is 9.93. The smallest absolute Gasteiger partial charge is 0.274 e. The highest BCUT2D eigenvalue weighted by Gasteiger charge is 2.31. The van der Waals surface area contributed by atoms with Gasteiger partial charge in [0.25, 0.3) is 11.8 Å². The van der Waals surface area contributed by atoms with Crippen LogP contribution < -0.4 is 0 Å². The van der Waals surface area contributed by atoms with E-state index < -0.39 is 0 Å². The van der Waals surface area contributed by atoms with Crippen molar-refractivity contribution in [2.75, 3.05) is 26.2 Å². The number of carbonyl (C=O) groups excluding carboxylic acids is 2. The van der Waals surface area contributed by atoms with Gasteiger partial charge in [-0.25, -0.2) is 0 Å². The van der Waals surface area contributed by atoms with Crippen LogP contribution in [-0.4, -0.2) is 68.8 Å². The van der Waals surface area contributed by atoms with Gasteiger partial charge >= 0.3 is 0 Å². The van der Waals surface area contributed by atoms with Crippen molar-refractivity contribution >= 4 is 11.8 Å².